The maximum atomic E-state index is 6.44. The second kappa shape index (κ2) is 11.2. The van der Waals surface area contributed by atoms with Gasteiger partial charge >= 0.3 is 0 Å². The smallest absolute Gasteiger partial charge is 0.160 e. The van der Waals surface area contributed by atoms with Crippen LogP contribution >= 0.6 is 0 Å². The molecule has 0 saturated heterocycles. The third kappa shape index (κ3) is 4.84. The highest BCUT2D eigenvalue weighted by molar-refractivity contribution is 6.09. The van der Waals surface area contributed by atoms with Gasteiger partial charge in [0, 0.05) is 45.4 Å². The Kier molecular flexibility index (Phi) is 6.43. The largest absolute Gasteiger partial charge is 0.455 e. The van der Waals surface area contributed by atoms with Crippen molar-refractivity contribution in [3.8, 4) is 56.2 Å². The summed E-state index contributed by atoms with van der Waals surface area (Å²) in [6.07, 6.45) is 3.68. The average Bonchev–Trinajstić information content (AvgIpc) is 3.54. The highest BCUT2D eigenvalue weighted by Gasteiger charge is 2.17. The van der Waals surface area contributed by atoms with Gasteiger partial charge in [0.15, 0.2) is 5.82 Å². The van der Waals surface area contributed by atoms with Gasteiger partial charge in [0.1, 0.15) is 11.2 Å². The van der Waals surface area contributed by atoms with Crippen LogP contribution in [0.1, 0.15) is 0 Å². The zero-order valence-electron chi connectivity index (χ0n) is 25.3. The van der Waals surface area contributed by atoms with Crippen LogP contribution in [0.3, 0.4) is 0 Å². The Hall–Kier alpha value is -6.39. The van der Waals surface area contributed by atoms with Crippen LogP contribution in [-0.4, -0.2) is 15.0 Å². The van der Waals surface area contributed by atoms with E-state index in [0.717, 1.165) is 66.7 Å². The predicted molar refractivity (Wildman–Crippen MR) is 192 cm³/mol. The number of fused-ring (bicyclic) bond motifs is 4. The summed E-state index contributed by atoms with van der Waals surface area (Å²) >= 11 is 0. The summed E-state index contributed by atoms with van der Waals surface area (Å²) in [5, 5.41) is 4.61. The third-order valence-corrected chi connectivity index (χ3v) is 8.80. The lowest BCUT2D eigenvalue weighted by Crippen LogP contribution is -1.96. The van der Waals surface area contributed by atoms with Crippen molar-refractivity contribution in [1.82, 2.24) is 15.0 Å². The van der Waals surface area contributed by atoms with Crippen molar-refractivity contribution in [2.75, 3.05) is 0 Å². The molecule has 9 aromatic rings. The molecule has 6 aromatic carbocycles. The maximum absolute atomic E-state index is 6.44. The molecule has 0 aliphatic carbocycles. The maximum Gasteiger partial charge on any atom is 0.160 e. The van der Waals surface area contributed by atoms with E-state index < -0.39 is 0 Å². The van der Waals surface area contributed by atoms with Crippen LogP contribution in [0.4, 0.5) is 0 Å². The minimum absolute atomic E-state index is 0.655. The van der Waals surface area contributed by atoms with E-state index in [-0.39, 0.29) is 0 Å². The fourth-order valence-electron chi connectivity index (χ4n) is 6.48. The number of benzene rings is 6. The number of para-hydroxylation sites is 2. The summed E-state index contributed by atoms with van der Waals surface area (Å²) in [6.45, 7) is 0. The minimum atomic E-state index is 0.655. The van der Waals surface area contributed by atoms with Gasteiger partial charge in [-0.2, -0.15) is 0 Å². The molecule has 0 unspecified atom stereocenters. The summed E-state index contributed by atoms with van der Waals surface area (Å²) in [4.78, 5) is 14.7. The molecular weight excluding hydrogens is 574 g/mol. The van der Waals surface area contributed by atoms with Crippen molar-refractivity contribution in [1.29, 1.82) is 0 Å². The van der Waals surface area contributed by atoms with E-state index in [1.165, 1.54) is 16.3 Å². The molecule has 0 spiro atoms. The summed E-state index contributed by atoms with van der Waals surface area (Å²) in [7, 11) is 0. The summed E-state index contributed by atoms with van der Waals surface area (Å²) in [6, 6.07) is 52.5. The molecular formula is C43H27N3O. The van der Waals surface area contributed by atoms with Gasteiger partial charge < -0.3 is 4.42 Å². The molecule has 0 bridgehead atoms. The highest BCUT2D eigenvalue weighted by Crippen LogP contribution is 2.38. The molecule has 4 heteroatoms. The zero-order valence-corrected chi connectivity index (χ0v) is 25.3. The van der Waals surface area contributed by atoms with Crippen molar-refractivity contribution >= 4 is 32.7 Å². The Morgan fingerprint density at radius 2 is 1.11 bits per heavy atom. The fraction of sp³-hybridized carbons (Fsp3) is 0. The fourth-order valence-corrected chi connectivity index (χ4v) is 6.48. The van der Waals surface area contributed by atoms with E-state index in [2.05, 4.69) is 132 Å². The molecule has 0 aliphatic rings. The first-order valence-corrected chi connectivity index (χ1v) is 15.7. The molecule has 4 nitrogen and oxygen atoms in total. The van der Waals surface area contributed by atoms with Gasteiger partial charge in [-0.25, -0.2) is 9.97 Å². The van der Waals surface area contributed by atoms with Crippen molar-refractivity contribution in [2.45, 2.75) is 0 Å². The van der Waals surface area contributed by atoms with Gasteiger partial charge in [0.05, 0.1) is 11.4 Å². The second-order valence-corrected chi connectivity index (χ2v) is 11.7. The Balaban J connectivity index is 1.21. The van der Waals surface area contributed by atoms with Crippen LogP contribution in [0, 0.1) is 0 Å². The van der Waals surface area contributed by atoms with Crippen LogP contribution in [0.2, 0.25) is 0 Å². The quantitative estimate of drug-likeness (QED) is 0.197. The third-order valence-electron chi connectivity index (χ3n) is 8.80. The monoisotopic (exact) mass is 601 g/mol. The van der Waals surface area contributed by atoms with Gasteiger partial charge in [-0.1, -0.05) is 121 Å². The number of furan rings is 1. The first-order chi connectivity index (χ1) is 23.3. The summed E-state index contributed by atoms with van der Waals surface area (Å²) in [5.74, 6) is 0.655. The molecule has 3 heterocycles. The second-order valence-electron chi connectivity index (χ2n) is 11.7. The zero-order chi connectivity index (χ0) is 31.2. The van der Waals surface area contributed by atoms with Crippen LogP contribution in [0.25, 0.3) is 88.9 Å². The number of rotatable bonds is 5. The molecule has 47 heavy (non-hydrogen) atoms. The van der Waals surface area contributed by atoms with Crippen molar-refractivity contribution in [2.24, 2.45) is 0 Å². The van der Waals surface area contributed by atoms with E-state index >= 15 is 0 Å². The number of hydrogen-bond acceptors (Lipinski definition) is 4. The van der Waals surface area contributed by atoms with Gasteiger partial charge in [0.2, 0.25) is 0 Å². The van der Waals surface area contributed by atoms with Gasteiger partial charge in [-0.3, -0.25) is 4.98 Å². The van der Waals surface area contributed by atoms with E-state index in [1.807, 2.05) is 30.5 Å². The Labute approximate surface area is 271 Å². The van der Waals surface area contributed by atoms with Crippen molar-refractivity contribution < 1.29 is 4.42 Å². The van der Waals surface area contributed by atoms with Crippen LogP contribution < -0.4 is 0 Å². The van der Waals surface area contributed by atoms with Gasteiger partial charge in [-0.15, -0.1) is 0 Å². The first kappa shape index (κ1) is 27.0. The van der Waals surface area contributed by atoms with Crippen molar-refractivity contribution in [3.63, 3.8) is 0 Å². The van der Waals surface area contributed by atoms with Crippen LogP contribution in [0.15, 0.2) is 168 Å². The predicted octanol–water partition coefficient (Wildman–Crippen LogP) is 11.3. The topological polar surface area (TPSA) is 51.8 Å². The standard InChI is InChI=1S/C43H27N3O/c1-2-14-34-28(9-1)10-6-16-35(34)29-20-22-30(23-21-29)43-45-39(32-12-5-11-31(25-32)33-13-8-24-44-27-33)26-40(46-43)38-18-7-17-37-36-15-3-4-19-41(36)47-42(37)38/h1-27H. The lowest BCUT2D eigenvalue weighted by atomic mass is 9.97. The molecule has 9 rings (SSSR count). The lowest BCUT2D eigenvalue weighted by molar-refractivity contribution is 0.670. The molecule has 0 saturated carbocycles. The van der Waals surface area contributed by atoms with Gasteiger partial charge in [0.25, 0.3) is 0 Å². The Bertz CT molecular complexity index is 2560. The molecule has 0 fully saturated rings. The number of nitrogens with zero attached hydrogens (tertiary/aromatic N) is 3. The normalized spacial score (nSPS) is 11.4. The molecule has 3 aromatic heterocycles. The summed E-state index contributed by atoms with van der Waals surface area (Å²) < 4.78 is 6.44. The Morgan fingerprint density at radius 1 is 0.426 bits per heavy atom. The average molecular weight is 602 g/mol. The Morgan fingerprint density at radius 3 is 2.00 bits per heavy atom. The lowest BCUT2D eigenvalue weighted by Gasteiger charge is -2.12. The van der Waals surface area contributed by atoms with E-state index in [1.54, 1.807) is 6.20 Å². The molecule has 0 amide bonds. The van der Waals surface area contributed by atoms with E-state index in [0.29, 0.717) is 5.82 Å². The first-order valence-electron chi connectivity index (χ1n) is 15.7. The molecule has 0 aliphatic heterocycles. The molecule has 220 valence electrons. The number of hydrogen-bond donors (Lipinski definition) is 0. The molecule has 0 atom stereocenters. The number of aromatic nitrogens is 3. The van der Waals surface area contributed by atoms with Crippen LogP contribution in [-0.2, 0) is 0 Å². The molecule has 0 N–H and O–H groups in total. The number of pyridine rings is 1. The van der Waals surface area contributed by atoms with Crippen LogP contribution in [0.5, 0.6) is 0 Å². The van der Waals surface area contributed by atoms with Gasteiger partial charge in [-0.05, 0) is 57.8 Å². The van der Waals surface area contributed by atoms with Crippen molar-refractivity contribution in [3.05, 3.63) is 164 Å². The van der Waals surface area contributed by atoms with E-state index in [9.17, 15) is 0 Å². The van der Waals surface area contributed by atoms with E-state index in [4.69, 9.17) is 14.4 Å². The molecule has 0 radical (unpaired) electrons. The highest BCUT2D eigenvalue weighted by atomic mass is 16.3. The SMILES string of the molecule is c1cncc(-c2cccc(-c3cc(-c4cccc5c4oc4ccccc45)nc(-c4ccc(-c5cccc6ccccc56)cc4)n3)c2)c1. The minimum Gasteiger partial charge on any atom is -0.455 e. The summed E-state index contributed by atoms with van der Waals surface area (Å²) in [5.41, 5.74) is 10.7.